The number of pyridine rings is 1. The highest BCUT2D eigenvalue weighted by Crippen LogP contribution is 2.60. The highest BCUT2D eigenvalue weighted by Gasteiger charge is 2.51. The van der Waals surface area contributed by atoms with E-state index in [-0.39, 0.29) is 0 Å². The van der Waals surface area contributed by atoms with E-state index in [0.717, 1.165) is 35.6 Å². The fourth-order valence-electron chi connectivity index (χ4n) is 8.35. The van der Waals surface area contributed by atoms with Gasteiger partial charge in [0.05, 0.1) is 32.2 Å². The van der Waals surface area contributed by atoms with E-state index >= 15 is 0 Å². The number of halogens is 1. The van der Waals surface area contributed by atoms with Crippen molar-refractivity contribution >= 4 is 33.5 Å². The summed E-state index contributed by atoms with van der Waals surface area (Å²) in [5.74, 6) is 3.71. The molecule has 9 nitrogen and oxygen atoms in total. The van der Waals surface area contributed by atoms with Crippen molar-refractivity contribution in [1.82, 2.24) is 24.7 Å². The highest BCUT2D eigenvalue weighted by atomic mass is 79.9. The first-order chi connectivity index (χ1) is 19.1. The molecule has 4 bridgehead atoms. The lowest BCUT2D eigenvalue weighted by molar-refractivity contribution is -0.0638. The predicted octanol–water partition coefficient (Wildman–Crippen LogP) is 6.12. The van der Waals surface area contributed by atoms with Crippen LogP contribution >= 0.6 is 15.9 Å². The number of anilines is 2. The van der Waals surface area contributed by atoms with Crippen molar-refractivity contribution in [2.45, 2.75) is 71.4 Å². The SMILES string of the molecule is COC(=O)c1c(-c2cnn(CC34CC5CC(CC(C5)C3)C4)c2C)cnc2c1OC(C)(C)CN2c1cnc(Br)cn1. The molecule has 4 fully saturated rings. The first-order valence-corrected chi connectivity index (χ1v) is 15.0. The highest BCUT2D eigenvalue weighted by molar-refractivity contribution is 9.10. The number of esters is 1. The molecule has 0 saturated heterocycles. The van der Waals surface area contributed by atoms with Gasteiger partial charge in [-0.2, -0.15) is 5.10 Å². The molecule has 0 spiro atoms. The van der Waals surface area contributed by atoms with Crippen LogP contribution in [0.4, 0.5) is 11.6 Å². The second-order valence-electron chi connectivity index (χ2n) is 13.1. The van der Waals surface area contributed by atoms with E-state index in [0.29, 0.717) is 45.1 Å². The minimum atomic E-state index is -0.622. The zero-order chi connectivity index (χ0) is 27.8. The Balaban J connectivity index is 1.29. The summed E-state index contributed by atoms with van der Waals surface area (Å²) in [4.78, 5) is 29.0. The topological polar surface area (TPSA) is 95.3 Å². The Hall–Kier alpha value is -3.01. The summed E-state index contributed by atoms with van der Waals surface area (Å²) < 4.78 is 14.6. The summed E-state index contributed by atoms with van der Waals surface area (Å²) >= 11 is 3.36. The number of ether oxygens (including phenoxy) is 2. The van der Waals surface area contributed by atoms with Crippen LogP contribution in [0.15, 0.2) is 29.4 Å². The van der Waals surface area contributed by atoms with E-state index < -0.39 is 11.6 Å². The van der Waals surface area contributed by atoms with Crippen LogP contribution in [0.3, 0.4) is 0 Å². The summed E-state index contributed by atoms with van der Waals surface area (Å²) in [6.07, 6.45) is 15.2. The standard InChI is InChI=1S/C30H35BrN6O3/c1-17-21(12-35-37(17)16-30-8-18-5-19(9-30)7-20(6-18)10-30)22-11-34-27-26(25(22)28(38)39-4)40-29(2,3)15-36(27)24-14-32-23(31)13-33-24/h11-14,18-20H,5-10,15-16H2,1-4H3. The Morgan fingerprint density at radius 3 is 2.35 bits per heavy atom. The molecular weight excluding hydrogens is 572 g/mol. The molecule has 0 unspecified atom stereocenters. The van der Waals surface area contributed by atoms with Gasteiger partial charge in [-0.25, -0.2) is 19.7 Å². The van der Waals surface area contributed by atoms with Crippen molar-refractivity contribution in [2.75, 3.05) is 18.6 Å². The molecular formula is C30H35BrN6O3. The summed E-state index contributed by atoms with van der Waals surface area (Å²) in [6.45, 7) is 7.49. The molecule has 0 radical (unpaired) electrons. The van der Waals surface area contributed by atoms with Crippen molar-refractivity contribution in [2.24, 2.45) is 23.2 Å². The van der Waals surface area contributed by atoms with E-state index in [1.54, 1.807) is 18.6 Å². The number of carbonyl (C=O) groups is 1. The number of fused-ring (bicyclic) bond motifs is 1. The van der Waals surface area contributed by atoms with Gasteiger partial charge in [-0.3, -0.25) is 4.68 Å². The van der Waals surface area contributed by atoms with Crippen LogP contribution in [-0.2, 0) is 11.3 Å². The maximum absolute atomic E-state index is 13.4. The number of aromatic nitrogens is 5. The van der Waals surface area contributed by atoms with Gasteiger partial charge >= 0.3 is 5.97 Å². The van der Waals surface area contributed by atoms with Crippen LogP contribution in [0, 0.1) is 30.1 Å². The predicted molar refractivity (Wildman–Crippen MR) is 154 cm³/mol. The third kappa shape index (κ3) is 4.30. The third-order valence-electron chi connectivity index (χ3n) is 9.50. The zero-order valence-electron chi connectivity index (χ0n) is 23.5. The quantitative estimate of drug-likeness (QED) is 0.321. The van der Waals surface area contributed by atoms with Crippen LogP contribution in [0.2, 0.25) is 0 Å². The first-order valence-electron chi connectivity index (χ1n) is 14.2. The fraction of sp³-hybridized carbons (Fsp3) is 0.567. The van der Waals surface area contributed by atoms with Crippen LogP contribution in [0.5, 0.6) is 5.75 Å². The largest absolute Gasteiger partial charge is 0.481 e. The van der Waals surface area contributed by atoms with Crippen molar-refractivity contribution in [3.05, 3.63) is 40.6 Å². The Morgan fingerprint density at radius 1 is 1.02 bits per heavy atom. The maximum atomic E-state index is 13.4. The zero-order valence-corrected chi connectivity index (χ0v) is 25.1. The minimum Gasteiger partial charge on any atom is -0.481 e. The number of hydrogen-bond acceptors (Lipinski definition) is 8. The number of carbonyl (C=O) groups excluding carboxylic acids is 1. The lowest BCUT2D eigenvalue weighted by atomic mass is 9.49. The molecule has 40 heavy (non-hydrogen) atoms. The van der Waals surface area contributed by atoms with Gasteiger partial charge in [-0.15, -0.1) is 0 Å². The summed E-state index contributed by atoms with van der Waals surface area (Å²) in [5, 5.41) is 4.87. The molecule has 4 saturated carbocycles. The molecule has 1 aliphatic heterocycles. The van der Waals surface area contributed by atoms with Crippen molar-refractivity contribution in [3.63, 3.8) is 0 Å². The van der Waals surface area contributed by atoms with Gasteiger partial charge < -0.3 is 14.4 Å². The average molecular weight is 608 g/mol. The van der Waals surface area contributed by atoms with Crippen LogP contribution in [0.25, 0.3) is 11.1 Å². The molecule has 4 heterocycles. The van der Waals surface area contributed by atoms with Gasteiger partial charge in [-0.05, 0) is 98.4 Å². The number of rotatable bonds is 5. The molecule has 210 valence electrons. The van der Waals surface area contributed by atoms with E-state index in [1.165, 1.54) is 45.6 Å². The van der Waals surface area contributed by atoms with E-state index in [9.17, 15) is 4.79 Å². The third-order valence-corrected chi connectivity index (χ3v) is 9.91. The van der Waals surface area contributed by atoms with E-state index in [1.807, 2.05) is 24.9 Å². The fourth-order valence-corrected chi connectivity index (χ4v) is 8.56. The summed E-state index contributed by atoms with van der Waals surface area (Å²) in [7, 11) is 1.40. The van der Waals surface area contributed by atoms with Crippen molar-refractivity contribution in [3.8, 4) is 16.9 Å². The van der Waals surface area contributed by atoms with E-state index in [2.05, 4.69) is 37.5 Å². The second kappa shape index (κ2) is 9.26. The minimum absolute atomic E-state index is 0.349. The monoisotopic (exact) mass is 606 g/mol. The Bertz CT molecular complexity index is 1450. The number of nitrogens with zero attached hydrogens (tertiary/aromatic N) is 6. The van der Waals surface area contributed by atoms with Crippen molar-refractivity contribution in [1.29, 1.82) is 0 Å². The smallest absolute Gasteiger partial charge is 0.342 e. The van der Waals surface area contributed by atoms with Crippen LogP contribution in [0.1, 0.15) is 68.4 Å². The molecule has 0 aromatic carbocycles. The summed E-state index contributed by atoms with van der Waals surface area (Å²) in [5.41, 5.74) is 2.66. The normalized spacial score (nSPS) is 27.8. The van der Waals surface area contributed by atoms with E-state index in [4.69, 9.17) is 19.6 Å². The molecule has 0 amide bonds. The van der Waals surface area contributed by atoms with Crippen molar-refractivity contribution < 1.29 is 14.3 Å². The first kappa shape index (κ1) is 25.9. The lowest BCUT2D eigenvalue weighted by Gasteiger charge is -2.56. The van der Waals surface area contributed by atoms with Gasteiger partial charge in [0.15, 0.2) is 17.4 Å². The van der Waals surface area contributed by atoms with Gasteiger partial charge in [0.1, 0.15) is 15.8 Å². The van der Waals surface area contributed by atoms with Gasteiger partial charge in [0, 0.05) is 29.6 Å². The molecule has 5 aliphatic rings. The maximum Gasteiger partial charge on any atom is 0.342 e. The second-order valence-corrected chi connectivity index (χ2v) is 13.9. The average Bonchev–Trinajstić information content (AvgIpc) is 3.25. The molecule has 4 aliphatic carbocycles. The Kier molecular flexibility index (Phi) is 6.00. The van der Waals surface area contributed by atoms with Gasteiger partial charge in [-0.1, -0.05) is 0 Å². The summed E-state index contributed by atoms with van der Waals surface area (Å²) in [6, 6.07) is 0. The molecule has 0 atom stereocenters. The number of methoxy groups -OCH3 is 1. The number of hydrogen-bond donors (Lipinski definition) is 0. The Labute approximate surface area is 242 Å². The molecule has 3 aromatic rings. The molecule has 10 heteroatoms. The molecule has 0 N–H and O–H groups in total. The molecule has 3 aromatic heterocycles. The lowest BCUT2D eigenvalue weighted by Crippen LogP contribution is -2.48. The van der Waals surface area contributed by atoms with Gasteiger partial charge in [0.25, 0.3) is 0 Å². The van der Waals surface area contributed by atoms with Crippen LogP contribution in [-0.4, -0.2) is 50.0 Å². The molecule has 8 rings (SSSR count). The Morgan fingerprint density at radius 2 is 1.73 bits per heavy atom. The van der Waals surface area contributed by atoms with Crippen LogP contribution < -0.4 is 9.64 Å². The van der Waals surface area contributed by atoms with Gasteiger partial charge in [0.2, 0.25) is 0 Å².